The molecule has 0 fully saturated rings. The van der Waals surface area contributed by atoms with E-state index < -0.39 is 0 Å². The lowest BCUT2D eigenvalue weighted by atomic mass is 10.3. The molecule has 4 nitrogen and oxygen atoms in total. The Hall–Kier alpha value is -0.970. The number of thioether (sulfide) groups is 1. The van der Waals surface area contributed by atoms with Crippen molar-refractivity contribution in [3.63, 3.8) is 0 Å². The van der Waals surface area contributed by atoms with Crippen LogP contribution < -0.4 is 5.32 Å². The Labute approximate surface area is 93.6 Å². The first-order valence-electron chi connectivity index (χ1n) is 5.14. The molecule has 2 heterocycles. The summed E-state index contributed by atoms with van der Waals surface area (Å²) < 4.78 is 5.36. The third kappa shape index (κ3) is 2.75. The molecule has 2 rings (SSSR count). The summed E-state index contributed by atoms with van der Waals surface area (Å²) in [6.07, 6.45) is 2.90. The van der Waals surface area contributed by atoms with Crippen LogP contribution in [0.4, 0.5) is 0 Å². The normalized spacial score (nSPS) is 20.4. The number of nitrogens with zero attached hydrogens (tertiary/aromatic N) is 2. The minimum Gasteiger partial charge on any atom is -0.444 e. The van der Waals surface area contributed by atoms with E-state index in [1.165, 1.54) is 0 Å². The van der Waals surface area contributed by atoms with E-state index in [4.69, 9.17) is 4.42 Å². The summed E-state index contributed by atoms with van der Waals surface area (Å²) >= 11 is 1.81. The zero-order chi connectivity index (χ0) is 10.7. The van der Waals surface area contributed by atoms with Crippen LogP contribution in [-0.4, -0.2) is 21.9 Å². The van der Waals surface area contributed by atoms with Gasteiger partial charge in [-0.25, -0.2) is 4.98 Å². The Kier molecular flexibility index (Phi) is 3.30. The second-order valence-corrected chi connectivity index (χ2v) is 4.80. The van der Waals surface area contributed by atoms with Crippen molar-refractivity contribution in [1.29, 1.82) is 0 Å². The summed E-state index contributed by atoms with van der Waals surface area (Å²) in [5, 5.41) is 4.88. The van der Waals surface area contributed by atoms with Gasteiger partial charge < -0.3 is 9.73 Å². The molecule has 0 saturated heterocycles. The topological polar surface area (TPSA) is 50.4 Å². The summed E-state index contributed by atoms with van der Waals surface area (Å²) in [7, 11) is 0. The van der Waals surface area contributed by atoms with Gasteiger partial charge in [-0.3, -0.25) is 4.99 Å². The van der Waals surface area contributed by atoms with Gasteiger partial charge in [0.25, 0.3) is 0 Å². The molecule has 0 aromatic carbocycles. The highest BCUT2D eigenvalue weighted by atomic mass is 32.2. The smallest absolute Gasteiger partial charge is 0.213 e. The van der Waals surface area contributed by atoms with E-state index in [9.17, 15) is 0 Å². The van der Waals surface area contributed by atoms with Crippen molar-refractivity contribution in [3.8, 4) is 0 Å². The summed E-state index contributed by atoms with van der Waals surface area (Å²) in [4.78, 5) is 8.53. The molecular weight excluding hydrogens is 210 g/mol. The molecule has 1 atom stereocenters. The number of oxazole rings is 1. The maximum absolute atomic E-state index is 5.36. The van der Waals surface area contributed by atoms with Crippen LogP contribution in [0.5, 0.6) is 0 Å². The lowest BCUT2D eigenvalue weighted by molar-refractivity contribution is 0.466. The molecule has 1 aliphatic heterocycles. The van der Waals surface area contributed by atoms with Crippen LogP contribution in [0, 0.1) is 6.92 Å². The van der Waals surface area contributed by atoms with E-state index in [-0.39, 0.29) is 0 Å². The molecule has 1 aromatic rings. The van der Waals surface area contributed by atoms with E-state index in [2.05, 4.69) is 22.2 Å². The molecule has 0 amide bonds. The zero-order valence-electron chi connectivity index (χ0n) is 8.99. The van der Waals surface area contributed by atoms with Gasteiger partial charge in [0.15, 0.2) is 5.17 Å². The fourth-order valence-corrected chi connectivity index (χ4v) is 2.30. The van der Waals surface area contributed by atoms with Crippen LogP contribution >= 0.6 is 11.8 Å². The molecule has 0 spiro atoms. The number of aryl methyl sites for hydroxylation is 1. The van der Waals surface area contributed by atoms with E-state index in [0.29, 0.717) is 11.8 Å². The fraction of sp³-hybridized carbons (Fsp3) is 0.600. The summed E-state index contributed by atoms with van der Waals surface area (Å²) in [5.41, 5.74) is 0. The van der Waals surface area contributed by atoms with Crippen molar-refractivity contribution >= 4 is 16.9 Å². The third-order valence-corrected chi connectivity index (χ3v) is 3.54. The van der Waals surface area contributed by atoms with Crippen molar-refractivity contribution < 1.29 is 4.42 Å². The van der Waals surface area contributed by atoms with E-state index in [1.807, 2.05) is 6.92 Å². The van der Waals surface area contributed by atoms with E-state index in [0.717, 1.165) is 29.8 Å². The largest absolute Gasteiger partial charge is 0.444 e. The zero-order valence-corrected chi connectivity index (χ0v) is 9.80. The number of aliphatic imine (C=N–C) groups is 1. The van der Waals surface area contributed by atoms with Gasteiger partial charge in [0, 0.05) is 5.25 Å². The van der Waals surface area contributed by atoms with Crippen molar-refractivity contribution in [2.24, 2.45) is 4.99 Å². The number of hydrogen-bond donors (Lipinski definition) is 1. The molecular formula is C10H15N3OS. The van der Waals surface area contributed by atoms with Crippen molar-refractivity contribution in [2.75, 3.05) is 6.54 Å². The minimum atomic E-state index is 0.621. The first-order valence-corrected chi connectivity index (χ1v) is 6.02. The Bertz CT molecular complexity index is 361. The molecule has 15 heavy (non-hydrogen) atoms. The fourth-order valence-electron chi connectivity index (χ4n) is 1.36. The molecule has 0 saturated carbocycles. The molecule has 1 unspecified atom stereocenters. The molecule has 0 radical (unpaired) electrons. The van der Waals surface area contributed by atoms with Crippen LogP contribution in [0.1, 0.15) is 25.0 Å². The van der Waals surface area contributed by atoms with Gasteiger partial charge in [-0.15, -0.1) is 0 Å². The van der Waals surface area contributed by atoms with Crippen LogP contribution in [0.15, 0.2) is 15.6 Å². The second kappa shape index (κ2) is 4.70. The van der Waals surface area contributed by atoms with Crippen LogP contribution in [-0.2, 0) is 6.54 Å². The highest BCUT2D eigenvalue weighted by molar-refractivity contribution is 8.14. The predicted molar refractivity (Wildman–Crippen MR) is 62.1 cm³/mol. The number of amidine groups is 1. The lowest BCUT2D eigenvalue weighted by Gasteiger charge is -2.04. The van der Waals surface area contributed by atoms with Gasteiger partial charge in [0.1, 0.15) is 5.76 Å². The monoisotopic (exact) mass is 225 g/mol. The second-order valence-electron chi connectivity index (χ2n) is 3.51. The molecule has 0 aliphatic carbocycles. The van der Waals surface area contributed by atoms with Gasteiger partial charge >= 0.3 is 0 Å². The molecule has 5 heteroatoms. The minimum absolute atomic E-state index is 0.621. The van der Waals surface area contributed by atoms with E-state index >= 15 is 0 Å². The lowest BCUT2D eigenvalue weighted by Crippen LogP contribution is -2.18. The third-order valence-electron chi connectivity index (χ3n) is 2.23. The molecule has 1 aromatic heterocycles. The van der Waals surface area contributed by atoms with Crippen molar-refractivity contribution in [2.45, 2.75) is 32.1 Å². The van der Waals surface area contributed by atoms with Crippen molar-refractivity contribution in [1.82, 2.24) is 10.3 Å². The first-order chi connectivity index (χ1) is 7.28. The Balaban J connectivity index is 1.80. The average molecular weight is 225 g/mol. The average Bonchev–Trinajstić information content (AvgIpc) is 2.83. The Morgan fingerprint density at radius 1 is 1.67 bits per heavy atom. The highest BCUT2D eigenvalue weighted by Gasteiger charge is 2.17. The molecule has 1 N–H and O–H groups in total. The predicted octanol–water partition coefficient (Wildman–Crippen LogP) is 1.95. The summed E-state index contributed by atoms with van der Waals surface area (Å²) in [6.45, 7) is 5.63. The van der Waals surface area contributed by atoms with Crippen LogP contribution in [0.2, 0.25) is 0 Å². The van der Waals surface area contributed by atoms with Crippen molar-refractivity contribution in [3.05, 3.63) is 17.8 Å². The van der Waals surface area contributed by atoms with Gasteiger partial charge in [0.05, 0.1) is 19.3 Å². The summed E-state index contributed by atoms with van der Waals surface area (Å²) in [6, 6.07) is 0. The Morgan fingerprint density at radius 2 is 2.53 bits per heavy atom. The SMILES string of the molecule is CCC1CN=C(NCc2ncc(C)o2)S1. The van der Waals surface area contributed by atoms with Gasteiger partial charge in [-0.2, -0.15) is 0 Å². The van der Waals surface area contributed by atoms with Crippen LogP contribution in [0.3, 0.4) is 0 Å². The maximum atomic E-state index is 5.36. The maximum Gasteiger partial charge on any atom is 0.213 e. The van der Waals surface area contributed by atoms with Gasteiger partial charge in [-0.1, -0.05) is 18.7 Å². The Morgan fingerprint density at radius 3 is 3.13 bits per heavy atom. The highest BCUT2D eigenvalue weighted by Crippen LogP contribution is 2.22. The van der Waals surface area contributed by atoms with E-state index in [1.54, 1.807) is 18.0 Å². The quantitative estimate of drug-likeness (QED) is 0.854. The standard InChI is InChI=1S/C10H15N3OS/c1-3-8-5-12-10(15-8)13-6-9-11-4-7(2)14-9/h4,8H,3,5-6H2,1-2H3,(H,12,13). The summed E-state index contributed by atoms with van der Waals surface area (Å²) in [5.74, 6) is 1.56. The number of aromatic nitrogens is 1. The van der Waals surface area contributed by atoms with Gasteiger partial charge in [-0.05, 0) is 13.3 Å². The van der Waals surface area contributed by atoms with Gasteiger partial charge in [0.2, 0.25) is 5.89 Å². The van der Waals surface area contributed by atoms with Crippen LogP contribution in [0.25, 0.3) is 0 Å². The molecule has 1 aliphatic rings. The number of rotatable bonds is 3. The number of nitrogens with one attached hydrogen (secondary N) is 1. The number of hydrogen-bond acceptors (Lipinski definition) is 5. The molecule has 82 valence electrons. The first kappa shape index (κ1) is 10.5. The molecule has 0 bridgehead atoms.